The number of nitrogens with zero attached hydrogens (tertiary/aromatic N) is 2. The van der Waals surface area contributed by atoms with Crippen molar-refractivity contribution >= 4 is 22.8 Å². The van der Waals surface area contributed by atoms with E-state index in [0.29, 0.717) is 12.3 Å². The maximum absolute atomic E-state index is 12.1. The zero-order chi connectivity index (χ0) is 18.2. The van der Waals surface area contributed by atoms with Crippen LogP contribution in [0.5, 0.6) is 5.75 Å². The van der Waals surface area contributed by atoms with E-state index in [1.54, 1.807) is 6.07 Å². The van der Waals surface area contributed by atoms with E-state index in [2.05, 4.69) is 34.0 Å². The van der Waals surface area contributed by atoms with Gasteiger partial charge in [0.25, 0.3) is 5.91 Å². The smallest absolute Gasteiger partial charge is 0.274 e. The molecule has 0 aliphatic carbocycles. The van der Waals surface area contributed by atoms with Crippen molar-refractivity contribution in [3.8, 4) is 5.75 Å². The molecule has 0 bridgehead atoms. The number of amides is 1. The third kappa shape index (κ3) is 4.96. The lowest BCUT2D eigenvalue weighted by Gasteiger charge is -2.17. The molecule has 2 aromatic rings. The van der Waals surface area contributed by atoms with Gasteiger partial charge >= 0.3 is 0 Å². The van der Waals surface area contributed by atoms with Crippen LogP contribution in [0.1, 0.15) is 30.8 Å². The molecular weight excluding hydrogens is 318 g/mol. The first-order valence-electron chi connectivity index (χ1n) is 8.59. The predicted molar refractivity (Wildman–Crippen MR) is 101 cm³/mol. The van der Waals surface area contributed by atoms with Gasteiger partial charge in [0.2, 0.25) is 0 Å². The van der Waals surface area contributed by atoms with Gasteiger partial charge in [-0.25, -0.2) is 0 Å². The van der Waals surface area contributed by atoms with Gasteiger partial charge in [0.15, 0.2) is 5.96 Å². The third-order valence-corrected chi connectivity index (χ3v) is 4.12. The fourth-order valence-corrected chi connectivity index (χ4v) is 2.62. The number of carbonyl (C=O) groups is 1. The maximum atomic E-state index is 12.1. The molecule has 0 saturated carbocycles. The number of aromatic nitrogens is 1. The first kappa shape index (κ1) is 18.8. The van der Waals surface area contributed by atoms with E-state index in [1.807, 2.05) is 18.2 Å². The van der Waals surface area contributed by atoms with E-state index in [-0.39, 0.29) is 11.9 Å². The Hall–Kier alpha value is -2.54. The Kier molecular flexibility index (Phi) is 6.82. The quantitative estimate of drug-likeness (QED) is 0.387. The molecule has 2 rings (SSSR count). The van der Waals surface area contributed by atoms with Crippen molar-refractivity contribution in [3.63, 3.8) is 0 Å². The van der Waals surface area contributed by atoms with E-state index in [1.165, 1.54) is 7.05 Å². The summed E-state index contributed by atoms with van der Waals surface area (Å²) in [4.78, 5) is 21.3. The maximum Gasteiger partial charge on any atom is 0.274 e. The molecule has 0 saturated heterocycles. The van der Waals surface area contributed by atoms with Crippen LogP contribution in [-0.4, -0.2) is 55.0 Å². The number of carbonyl (C=O) groups excluding carboxylic acids is 1. The van der Waals surface area contributed by atoms with Gasteiger partial charge < -0.3 is 20.4 Å². The number of hydrogen-bond acceptors (Lipinski definition) is 4. The van der Waals surface area contributed by atoms with E-state index in [0.717, 1.165) is 42.7 Å². The summed E-state index contributed by atoms with van der Waals surface area (Å²) in [6.45, 7) is 8.05. The Morgan fingerprint density at radius 1 is 1.36 bits per heavy atom. The van der Waals surface area contributed by atoms with E-state index >= 15 is 0 Å². The third-order valence-electron chi connectivity index (χ3n) is 4.12. The molecule has 1 heterocycles. The van der Waals surface area contributed by atoms with Crippen LogP contribution in [0.3, 0.4) is 0 Å². The van der Waals surface area contributed by atoms with E-state index < -0.39 is 0 Å². The minimum atomic E-state index is -0.327. The first-order valence-corrected chi connectivity index (χ1v) is 8.59. The lowest BCUT2D eigenvalue weighted by Crippen LogP contribution is -2.36. The lowest BCUT2D eigenvalue weighted by atomic mass is 10.2. The number of fused-ring (bicyclic) bond motifs is 1. The molecule has 0 fully saturated rings. The molecule has 0 spiro atoms. The van der Waals surface area contributed by atoms with Gasteiger partial charge in [0.1, 0.15) is 11.4 Å². The molecule has 1 aromatic carbocycles. The number of H-pyrrole nitrogens is 1. The summed E-state index contributed by atoms with van der Waals surface area (Å²) < 4.78 is 5.92. The standard InChI is InChI=1S/C18H27N5O2/c1-4-23(5-2)10-7-11-25-15-9-6-8-13-12-14(21-16(13)15)17(24)22-18(19)20-3/h6,8-9,12,21H,4-5,7,10-11H2,1-3H3,(H3,19,20,22,24). The number of ether oxygens (including phenoxy) is 1. The van der Waals surface area contributed by atoms with E-state index in [9.17, 15) is 4.79 Å². The average molecular weight is 345 g/mol. The molecule has 1 amide bonds. The number of hydrogen-bond donors (Lipinski definition) is 3. The van der Waals surface area contributed by atoms with Crippen molar-refractivity contribution in [2.75, 3.05) is 33.3 Å². The molecule has 7 heteroatoms. The molecule has 0 aliphatic heterocycles. The van der Waals surface area contributed by atoms with Gasteiger partial charge in [-0.15, -0.1) is 0 Å². The van der Waals surface area contributed by atoms with Gasteiger partial charge in [0.05, 0.1) is 12.1 Å². The van der Waals surface area contributed by atoms with Crippen LogP contribution in [0.25, 0.3) is 10.9 Å². The number of aliphatic imine (C=N–C) groups is 1. The number of nitrogens with two attached hydrogens (primary N) is 1. The molecule has 7 nitrogen and oxygen atoms in total. The molecule has 4 N–H and O–H groups in total. The summed E-state index contributed by atoms with van der Waals surface area (Å²) in [5.74, 6) is 0.497. The number of aromatic amines is 1. The van der Waals surface area contributed by atoms with E-state index in [4.69, 9.17) is 10.5 Å². The highest BCUT2D eigenvalue weighted by molar-refractivity contribution is 6.06. The van der Waals surface area contributed by atoms with Crippen LogP contribution >= 0.6 is 0 Å². The van der Waals surface area contributed by atoms with Gasteiger partial charge in [-0.3, -0.25) is 15.1 Å². The number of benzene rings is 1. The number of nitrogens with one attached hydrogen (secondary N) is 2. The monoisotopic (exact) mass is 345 g/mol. The summed E-state index contributed by atoms with van der Waals surface area (Å²) in [7, 11) is 1.52. The summed E-state index contributed by atoms with van der Waals surface area (Å²) in [6, 6.07) is 7.53. The van der Waals surface area contributed by atoms with Crippen LogP contribution in [-0.2, 0) is 0 Å². The van der Waals surface area contributed by atoms with Crippen LogP contribution in [0.4, 0.5) is 0 Å². The van der Waals surface area contributed by atoms with Gasteiger partial charge in [-0.1, -0.05) is 26.0 Å². The second-order valence-corrected chi connectivity index (χ2v) is 5.70. The lowest BCUT2D eigenvalue weighted by molar-refractivity contribution is 0.0972. The Morgan fingerprint density at radius 3 is 2.80 bits per heavy atom. The van der Waals surface area contributed by atoms with Crippen LogP contribution in [0, 0.1) is 0 Å². The van der Waals surface area contributed by atoms with Crippen molar-refractivity contribution in [1.29, 1.82) is 0 Å². The van der Waals surface area contributed by atoms with Gasteiger partial charge in [0, 0.05) is 19.0 Å². The fourth-order valence-electron chi connectivity index (χ4n) is 2.62. The molecule has 0 unspecified atom stereocenters. The van der Waals surface area contributed by atoms with Crippen molar-refractivity contribution in [3.05, 3.63) is 30.0 Å². The van der Waals surface area contributed by atoms with Gasteiger partial charge in [-0.2, -0.15) is 0 Å². The van der Waals surface area contributed by atoms with Crippen LogP contribution in [0.15, 0.2) is 29.3 Å². The summed E-state index contributed by atoms with van der Waals surface area (Å²) >= 11 is 0. The zero-order valence-electron chi connectivity index (χ0n) is 15.1. The summed E-state index contributed by atoms with van der Waals surface area (Å²) in [6.07, 6.45) is 0.954. The fraction of sp³-hybridized carbons (Fsp3) is 0.444. The van der Waals surface area contributed by atoms with Crippen LogP contribution in [0.2, 0.25) is 0 Å². The molecular formula is C18H27N5O2. The number of rotatable bonds is 8. The number of para-hydroxylation sites is 1. The number of guanidine groups is 1. The highest BCUT2D eigenvalue weighted by Gasteiger charge is 2.13. The SMILES string of the molecule is CCN(CC)CCCOc1cccc2cc(C(=O)NC(N)=NC)[nH]c12. The van der Waals surface area contributed by atoms with Crippen molar-refractivity contribution in [1.82, 2.24) is 15.2 Å². The largest absolute Gasteiger partial charge is 0.491 e. The average Bonchev–Trinajstić information content (AvgIpc) is 3.07. The summed E-state index contributed by atoms with van der Waals surface area (Å²) in [5, 5.41) is 3.43. The topological polar surface area (TPSA) is 95.7 Å². The molecule has 0 aliphatic rings. The molecule has 0 radical (unpaired) electrons. The molecule has 25 heavy (non-hydrogen) atoms. The molecule has 1 aromatic heterocycles. The predicted octanol–water partition coefficient (Wildman–Crippen LogP) is 1.95. The molecule has 136 valence electrons. The Bertz CT molecular complexity index is 734. The first-order chi connectivity index (χ1) is 12.1. The highest BCUT2D eigenvalue weighted by Crippen LogP contribution is 2.25. The van der Waals surface area contributed by atoms with Crippen molar-refractivity contribution in [2.24, 2.45) is 10.7 Å². The van der Waals surface area contributed by atoms with Crippen molar-refractivity contribution < 1.29 is 9.53 Å². The Balaban J connectivity index is 2.05. The second-order valence-electron chi connectivity index (χ2n) is 5.70. The highest BCUT2D eigenvalue weighted by atomic mass is 16.5. The Morgan fingerprint density at radius 2 is 2.12 bits per heavy atom. The Labute approximate surface area is 148 Å². The second kappa shape index (κ2) is 9.08. The minimum Gasteiger partial charge on any atom is -0.491 e. The molecule has 0 atom stereocenters. The van der Waals surface area contributed by atoms with Crippen LogP contribution < -0.4 is 15.8 Å². The van der Waals surface area contributed by atoms with Gasteiger partial charge in [-0.05, 0) is 31.6 Å². The minimum absolute atomic E-state index is 0.0801. The normalized spacial score (nSPS) is 11.9. The summed E-state index contributed by atoms with van der Waals surface area (Å²) in [5.41, 5.74) is 6.76. The van der Waals surface area contributed by atoms with Crippen molar-refractivity contribution in [2.45, 2.75) is 20.3 Å². The zero-order valence-corrected chi connectivity index (χ0v) is 15.1.